The monoisotopic (exact) mass is 306 g/mol. The third-order valence-corrected chi connectivity index (χ3v) is 5.01. The summed E-state index contributed by atoms with van der Waals surface area (Å²) in [5.41, 5.74) is 1.98. The first kappa shape index (κ1) is 14.7. The van der Waals surface area contributed by atoms with E-state index in [1.54, 1.807) is 18.9 Å². The number of aryl methyl sites for hydroxylation is 1. The van der Waals surface area contributed by atoms with Crippen LogP contribution in [-0.2, 0) is 4.79 Å². The fourth-order valence-electron chi connectivity index (χ4n) is 3.03. The molecule has 21 heavy (non-hydrogen) atoms. The zero-order chi connectivity index (χ0) is 15.0. The van der Waals surface area contributed by atoms with Gasteiger partial charge in [-0.1, -0.05) is 6.07 Å². The summed E-state index contributed by atoms with van der Waals surface area (Å²) in [4.78, 5) is 14.6. The Morgan fingerprint density at radius 3 is 2.81 bits per heavy atom. The van der Waals surface area contributed by atoms with Crippen molar-refractivity contribution in [3.05, 3.63) is 29.3 Å². The number of nitrogens with zero attached hydrogens (tertiary/aromatic N) is 1. The van der Waals surface area contributed by atoms with E-state index in [4.69, 9.17) is 4.74 Å². The van der Waals surface area contributed by atoms with Gasteiger partial charge < -0.3 is 9.64 Å². The first-order valence-corrected chi connectivity index (χ1v) is 8.73. The maximum atomic E-state index is 12.6. The molecule has 1 N–H and O–H groups in total. The lowest BCUT2D eigenvalue weighted by Crippen LogP contribution is -2.33. The summed E-state index contributed by atoms with van der Waals surface area (Å²) in [5, 5.41) is 3.56. The molecule has 0 aromatic heterocycles. The number of carbonyl (C=O) groups excluding carboxylic acids is 1. The Bertz CT molecular complexity index is 557. The maximum absolute atomic E-state index is 12.6. The predicted octanol–water partition coefficient (Wildman–Crippen LogP) is 2.33. The van der Waals surface area contributed by atoms with E-state index in [0.29, 0.717) is 0 Å². The Morgan fingerprint density at radius 2 is 2.24 bits per heavy atom. The average molecular weight is 306 g/mol. The molecular weight excluding hydrogens is 284 g/mol. The Labute approximate surface area is 130 Å². The molecule has 3 rings (SSSR count). The highest BCUT2D eigenvalue weighted by atomic mass is 32.2. The van der Waals surface area contributed by atoms with Crippen molar-refractivity contribution in [1.82, 2.24) is 10.2 Å². The molecule has 114 valence electrons. The van der Waals surface area contributed by atoms with Gasteiger partial charge in [0.2, 0.25) is 5.91 Å². The van der Waals surface area contributed by atoms with Crippen molar-refractivity contribution in [2.75, 3.05) is 25.7 Å². The second-order valence-electron chi connectivity index (χ2n) is 5.85. The third kappa shape index (κ3) is 2.53. The summed E-state index contributed by atoms with van der Waals surface area (Å²) in [6.07, 6.45) is 4.00. The van der Waals surface area contributed by atoms with E-state index in [-0.39, 0.29) is 17.6 Å². The molecule has 0 bridgehead atoms. The van der Waals surface area contributed by atoms with E-state index >= 15 is 0 Å². The van der Waals surface area contributed by atoms with Crippen molar-refractivity contribution in [3.63, 3.8) is 0 Å². The van der Waals surface area contributed by atoms with Crippen LogP contribution in [0.5, 0.6) is 5.75 Å². The summed E-state index contributed by atoms with van der Waals surface area (Å²) in [7, 11) is 1.68. The van der Waals surface area contributed by atoms with Crippen molar-refractivity contribution in [1.29, 1.82) is 0 Å². The van der Waals surface area contributed by atoms with Crippen molar-refractivity contribution in [2.45, 2.75) is 31.5 Å². The lowest BCUT2D eigenvalue weighted by Gasteiger charge is -2.24. The molecule has 1 saturated heterocycles. The van der Waals surface area contributed by atoms with Gasteiger partial charge in [-0.15, -0.1) is 0 Å². The summed E-state index contributed by atoms with van der Waals surface area (Å²) in [5.74, 6) is 2.13. The minimum atomic E-state index is -0.267. The number of carbonyl (C=O) groups is 1. The van der Waals surface area contributed by atoms with Gasteiger partial charge >= 0.3 is 0 Å². The van der Waals surface area contributed by atoms with Crippen LogP contribution in [0.2, 0.25) is 0 Å². The molecule has 5 heteroatoms. The molecule has 1 aromatic carbocycles. The molecule has 1 heterocycles. The fourth-order valence-corrected chi connectivity index (χ4v) is 3.41. The van der Waals surface area contributed by atoms with Crippen molar-refractivity contribution >= 4 is 17.7 Å². The van der Waals surface area contributed by atoms with Crippen LogP contribution in [0.4, 0.5) is 0 Å². The zero-order valence-electron chi connectivity index (χ0n) is 12.8. The van der Waals surface area contributed by atoms with E-state index < -0.39 is 0 Å². The topological polar surface area (TPSA) is 41.6 Å². The number of ether oxygens (including phenoxy) is 1. The molecule has 1 unspecified atom stereocenters. The summed E-state index contributed by atoms with van der Waals surface area (Å²) >= 11 is 1.78. The van der Waals surface area contributed by atoms with Gasteiger partial charge in [0, 0.05) is 12.3 Å². The second-order valence-corrected chi connectivity index (χ2v) is 6.83. The van der Waals surface area contributed by atoms with Crippen LogP contribution in [-0.4, -0.2) is 42.0 Å². The number of rotatable bonds is 5. The van der Waals surface area contributed by atoms with Crippen molar-refractivity contribution in [2.24, 2.45) is 0 Å². The van der Waals surface area contributed by atoms with E-state index in [2.05, 4.69) is 23.7 Å². The molecule has 1 atom stereocenters. The largest absolute Gasteiger partial charge is 0.496 e. The maximum Gasteiger partial charge on any atom is 0.244 e. The zero-order valence-corrected chi connectivity index (χ0v) is 13.6. The van der Waals surface area contributed by atoms with Gasteiger partial charge in [0.1, 0.15) is 17.5 Å². The molecule has 1 aromatic rings. The highest BCUT2D eigenvalue weighted by Gasteiger charge is 2.59. The highest BCUT2D eigenvalue weighted by Crippen LogP contribution is 2.46. The number of hydrogen-bond acceptors (Lipinski definition) is 4. The molecule has 1 aliphatic carbocycles. The number of benzene rings is 1. The smallest absolute Gasteiger partial charge is 0.244 e. The number of amides is 1. The second kappa shape index (κ2) is 5.54. The summed E-state index contributed by atoms with van der Waals surface area (Å²) in [6.45, 7) is 2.84. The molecule has 2 aliphatic rings. The Kier molecular flexibility index (Phi) is 3.88. The van der Waals surface area contributed by atoms with Crippen LogP contribution in [0.25, 0.3) is 0 Å². The molecule has 2 fully saturated rings. The van der Waals surface area contributed by atoms with E-state index in [0.717, 1.165) is 42.0 Å². The predicted molar refractivity (Wildman–Crippen MR) is 85.7 cm³/mol. The average Bonchev–Trinajstić information content (AvgIpc) is 3.21. The normalized spacial score (nSPS) is 22.9. The lowest BCUT2D eigenvalue weighted by atomic mass is 10.1. The molecule has 1 aliphatic heterocycles. The molecule has 0 radical (unpaired) electrons. The van der Waals surface area contributed by atoms with Gasteiger partial charge in [-0.2, -0.15) is 11.8 Å². The summed E-state index contributed by atoms with van der Waals surface area (Å²) < 4.78 is 5.32. The quantitative estimate of drug-likeness (QED) is 0.906. The lowest BCUT2D eigenvalue weighted by molar-refractivity contribution is -0.130. The van der Waals surface area contributed by atoms with Crippen molar-refractivity contribution < 1.29 is 9.53 Å². The van der Waals surface area contributed by atoms with Crippen LogP contribution in [0, 0.1) is 6.92 Å². The van der Waals surface area contributed by atoms with Crippen LogP contribution in [0.1, 0.15) is 30.1 Å². The molecular formula is C16H22N2O2S. The van der Waals surface area contributed by atoms with Gasteiger partial charge in [-0.05, 0) is 49.3 Å². The van der Waals surface area contributed by atoms with Crippen LogP contribution in [0.3, 0.4) is 0 Å². The molecule has 1 amide bonds. The molecule has 1 saturated carbocycles. The van der Waals surface area contributed by atoms with Gasteiger partial charge in [0.25, 0.3) is 0 Å². The summed E-state index contributed by atoms with van der Waals surface area (Å²) in [6, 6.07) is 6.17. The van der Waals surface area contributed by atoms with Crippen molar-refractivity contribution in [3.8, 4) is 5.75 Å². The van der Waals surface area contributed by atoms with Gasteiger partial charge in [0.15, 0.2) is 0 Å². The standard InChI is InChI=1S/C16H22N2O2S/c1-11-10-12(4-5-13(11)20-2)14-17-16(6-7-16)15(19)18(14)8-9-21-3/h4-5,10,14,17H,6-9H2,1-3H3. The third-order valence-electron chi connectivity index (χ3n) is 4.42. The first-order valence-electron chi connectivity index (χ1n) is 7.33. The first-order chi connectivity index (χ1) is 10.1. The highest BCUT2D eigenvalue weighted by molar-refractivity contribution is 7.98. The van der Waals surface area contributed by atoms with Gasteiger partial charge in [-0.25, -0.2) is 0 Å². The van der Waals surface area contributed by atoms with Crippen LogP contribution >= 0.6 is 11.8 Å². The van der Waals surface area contributed by atoms with E-state index in [1.807, 2.05) is 17.9 Å². The number of hydrogen-bond donors (Lipinski definition) is 1. The van der Waals surface area contributed by atoms with E-state index in [9.17, 15) is 4.79 Å². The Balaban J connectivity index is 1.88. The number of thioether (sulfide) groups is 1. The minimum absolute atomic E-state index is 0.00300. The van der Waals surface area contributed by atoms with Crippen LogP contribution < -0.4 is 10.1 Å². The van der Waals surface area contributed by atoms with E-state index in [1.165, 1.54) is 0 Å². The number of methoxy groups -OCH3 is 1. The van der Waals surface area contributed by atoms with Gasteiger partial charge in [-0.3, -0.25) is 10.1 Å². The Hall–Kier alpha value is -1.20. The SMILES string of the molecule is COc1ccc(C2NC3(CC3)C(=O)N2CCSC)cc1C. The Morgan fingerprint density at radius 1 is 1.48 bits per heavy atom. The fraction of sp³-hybridized carbons (Fsp3) is 0.562. The molecule has 1 spiro atoms. The minimum Gasteiger partial charge on any atom is -0.496 e. The molecule has 4 nitrogen and oxygen atoms in total. The van der Waals surface area contributed by atoms with Crippen LogP contribution in [0.15, 0.2) is 18.2 Å². The number of nitrogens with one attached hydrogen (secondary N) is 1. The van der Waals surface area contributed by atoms with Gasteiger partial charge in [0.05, 0.1) is 7.11 Å².